The van der Waals surface area contributed by atoms with E-state index in [0.717, 1.165) is 28.1 Å². The van der Waals surface area contributed by atoms with Crippen LogP contribution in [0.2, 0.25) is 0 Å². The Morgan fingerprint density at radius 1 is 1.44 bits per heavy atom. The summed E-state index contributed by atoms with van der Waals surface area (Å²) in [5.74, 6) is 3.28. The average Bonchev–Trinajstić information content (AvgIpc) is 2.73. The second-order valence-electron chi connectivity index (χ2n) is 4.20. The molecule has 2 heterocycles. The van der Waals surface area contributed by atoms with Crippen LogP contribution in [0.1, 0.15) is 26.0 Å². The van der Waals surface area contributed by atoms with E-state index in [1.807, 2.05) is 18.7 Å². The van der Waals surface area contributed by atoms with Gasteiger partial charge >= 0.3 is 0 Å². The molecule has 2 rings (SSSR count). The van der Waals surface area contributed by atoms with Crippen molar-refractivity contribution in [2.24, 2.45) is 0 Å². The Bertz CT molecular complexity index is 512. The molecule has 0 spiro atoms. The molecule has 0 amide bonds. The molecule has 0 fully saturated rings. The molecule has 2 aromatic heterocycles. The highest BCUT2D eigenvalue weighted by Crippen LogP contribution is 2.26. The number of hydrogen-bond donors (Lipinski definition) is 1. The lowest BCUT2D eigenvalue weighted by molar-refractivity contribution is 0.767. The predicted molar refractivity (Wildman–Crippen MR) is 80.6 cm³/mol. The quantitative estimate of drug-likeness (QED) is 0.824. The van der Waals surface area contributed by atoms with Gasteiger partial charge in [0.25, 0.3) is 0 Å². The molecule has 1 unspecified atom stereocenters. The van der Waals surface area contributed by atoms with Crippen molar-refractivity contribution >= 4 is 39.3 Å². The van der Waals surface area contributed by atoms with E-state index in [4.69, 9.17) is 0 Å². The van der Waals surface area contributed by atoms with Gasteiger partial charge in [-0.05, 0) is 43.3 Å². The third-order valence-electron chi connectivity index (χ3n) is 2.73. The van der Waals surface area contributed by atoms with Crippen molar-refractivity contribution in [2.45, 2.75) is 33.2 Å². The first-order valence-corrected chi connectivity index (χ1v) is 8.06. The van der Waals surface area contributed by atoms with Crippen molar-refractivity contribution in [1.29, 1.82) is 0 Å². The average molecular weight is 282 g/mol. The fourth-order valence-corrected chi connectivity index (χ4v) is 3.30. The number of anilines is 1. The number of thioether (sulfide) groups is 1. The second-order valence-corrected chi connectivity index (χ2v) is 6.35. The first kappa shape index (κ1) is 13.5. The summed E-state index contributed by atoms with van der Waals surface area (Å²) >= 11 is 3.40. The van der Waals surface area contributed by atoms with Crippen LogP contribution in [0, 0.1) is 6.92 Å². The summed E-state index contributed by atoms with van der Waals surface area (Å²) in [4.78, 5) is 9.55. The Labute approximate surface area is 116 Å². The van der Waals surface area contributed by atoms with Gasteiger partial charge in [0.1, 0.15) is 17.0 Å². The maximum Gasteiger partial charge on any atom is 0.149 e. The van der Waals surface area contributed by atoms with Crippen LogP contribution < -0.4 is 5.32 Å². The molecule has 0 aliphatic heterocycles. The van der Waals surface area contributed by atoms with Gasteiger partial charge in [-0.3, -0.25) is 0 Å². The molecule has 2 aromatic rings. The standard InChI is InChI=1S/C12H18N4S2/c1-4-17-6-5-8(2)15-11-10-9(3)16-18-12(10)14-7-13-11/h7-8H,4-6H2,1-3H3,(H,13,14,15). The molecule has 0 aliphatic carbocycles. The Balaban J connectivity index is 2.09. The molecule has 6 heteroatoms. The molecule has 18 heavy (non-hydrogen) atoms. The minimum absolute atomic E-state index is 0.418. The number of nitrogens with one attached hydrogen (secondary N) is 1. The first-order valence-electron chi connectivity index (χ1n) is 6.13. The van der Waals surface area contributed by atoms with E-state index < -0.39 is 0 Å². The van der Waals surface area contributed by atoms with E-state index in [1.165, 1.54) is 23.0 Å². The normalized spacial score (nSPS) is 12.8. The smallest absolute Gasteiger partial charge is 0.149 e. The highest BCUT2D eigenvalue weighted by molar-refractivity contribution is 7.99. The van der Waals surface area contributed by atoms with Crippen molar-refractivity contribution in [1.82, 2.24) is 14.3 Å². The topological polar surface area (TPSA) is 50.7 Å². The van der Waals surface area contributed by atoms with Gasteiger partial charge in [-0.2, -0.15) is 16.1 Å². The number of aromatic nitrogens is 3. The van der Waals surface area contributed by atoms with Crippen LogP contribution in [0.5, 0.6) is 0 Å². The van der Waals surface area contributed by atoms with E-state index in [9.17, 15) is 0 Å². The Morgan fingerprint density at radius 3 is 3.06 bits per heavy atom. The summed E-state index contributed by atoms with van der Waals surface area (Å²) in [5, 5.41) is 4.54. The van der Waals surface area contributed by atoms with Crippen molar-refractivity contribution < 1.29 is 0 Å². The Hall–Kier alpha value is -0.880. The maximum absolute atomic E-state index is 4.35. The molecule has 0 radical (unpaired) electrons. The summed E-state index contributed by atoms with van der Waals surface area (Å²) in [7, 11) is 0. The van der Waals surface area contributed by atoms with Gasteiger partial charge in [-0.15, -0.1) is 0 Å². The van der Waals surface area contributed by atoms with E-state index >= 15 is 0 Å². The molecule has 4 nitrogen and oxygen atoms in total. The molecular weight excluding hydrogens is 264 g/mol. The molecule has 0 aromatic carbocycles. The van der Waals surface area contributed by atoms with Crippen LogP contribution in [0.15, 0.2) is 6.33 Å². The van der Waals surface area contributed by atoms with Crippen LogP contribution in [0.25, 0.3) is 10.2 Å². The monoisotopic (exact) mass is 282 g/mol. The third kappa shape index (κ3) is 3.11. The molecule has 98 valence electrons. The Kier molecular flexibility index (Phi) is 4.77. The summed E-state index contributed by atoms with van der Waals surface area (Å²) in [5.41, 5.74) is 1.01. The first-order chi connectivity index (χ1) is 8.72. The largest absolute Gasteiger partial charge is 0.367 e. The molecule has 1 atom stereocenters. The zero-order chi connectivity index (χ0) is 13.0. The van der Waals surface area contributed by atoms with Gasteiger partial charge in [0.15, 0.2) is 0 Å². The number of aryl methyl sites for hydroxylation is 1. The third-order valence-corrected chi connectivity index (χ3v) is 4.51. The number of fused-ring (bicyclic) bond motifs is 1. The van der Waals surface area contributed by atoms with Crippen LogP contribution in [-0.4, -0.2) is 31.9 Å². The fraction of sp³-hybridized carbons (Fsp3) is 0.583. The number of hydrogen-bond acceptors (Lipinski definition) is 6. The van der Waals surface area contributed by atoms with Crippen LogP contribution in [-0.2, 0) is 0 Å². The minimum Gasteiger partial charge on any atom is -0.367 e. The van der Waals surface area contributed by atoms with E-state index in [0.29, 0.717) is 6.04 Å². The molecule has 0 saturated heterocycles. The highest BCUT2D eigenvalue weighted by atomic mass is 32.2. The van der Waals surface area contributed by atoms with E-state index in [-0.39, 0.29) is 0 Å². The predicted octanol–water partition coefficient (Wildman–Crippen LogP) is 3.34. The van der Waals surface area contributed by atoms with Gasteiger partial charge in [0, 0.05) is 6.04 Å². The summed E-state index contributed by atoms with van der Waals surface area (Å²) in [6.45, 7) is 6.39. The van der Waals surface area contributed by atoms with Gasteiger partial charge in [0.05, 0.1) is 11.1 Å². The van der Waals surface area contributed by atoms with Crippen molar-refractivity contribution in [2.75, 3.05) is 16.8 Å². The van der Waals surface area contributed by atoms with E-state index in [2.05, 4.69) is 33.5 Å². The van der Waals surface area contributed by atoms with Crippen molar-refractivity contribution in [3.63, 3.8) is 0 Å². The zero-order valence-corrected chi connectivity index (χ0v) is 12.6. The Morgan fingerprint density at radius 2 is 2.28 bits per heavy atom. The van der Waals surface area contributed by atoms with Crippen molar-refractivity contribution in [3.8, 4) is 0 Å². The van der Waals surface area contributed by atoms with Gasteiger partial charge in [0.2, 0.25) is 0 Å². The lowest BCUT2D eigenvalue weighted by Crippen LogP contribution is -2.17. The molecule has 0 saturated carbocycles. The lowest BCUT2D eigenvalue weighted by atomic mass is 10.2. The lowest BCUT2D eigenvalue weighted by Gasteiger charge is -2.14. The van der Waals surface area contributed by atoms with Gasteiger partial charge < -0.3 is 5.32 Å². The number of rotatable bonds is 6. The van der Waals surface area contributed by atoms with Gasteiger partial charge in [-0.1, -0.05) is 6.92 Å². The summed E-state index contributed by atoms with van der Waals surface area (Å²) in [6, 6.07) is 0.418. The summed E-state index contributed by atoms with van der Waals surface area (Å²) < 4.78 is 4.33. The molecule has 0 bridgehead atoms. The number of nitrogens with zero attached hydrogens (tertiary/aromatic N) is 3. The summed E-state index contributed by atoms with van der Waals surface area (Å²) in [6.07, 6.45) is 2.75. The SMILES string of the molecule is CCSCCC(C)Nc1ncnc2snc(C)c12. The fourth-order valence-electron chi connectivity index (χ4n) is 1.74. The van der Waals surface area contributed by atoms with E-state index in [1.54, 1.807) is 6.33 Å². The van der Waals surface area contributed by atoms with Crippen LogP contribution in [0.4, 0.5) is 5.82 Å². The molecular formula is C12H18N4S2. The van der Waals surface area contributed by atoms with Crippen LogP contribution >= 0.6 is 23.3 Å². The molecule has 0 aliphatic rings. The minimum atomic E-state index is 0.418. The van der Waals surface area contributed by atoms with Crippen LogP contribution in [0.3, 0.4) is 0 Å². The molecule has 1 N–H and O–H groups in total. The maximum atomic E-state index is 4.35. The zero-order valence-electron chi connectivity index (χ0n) is 10.9. The second kappa shape index (κ2) is 6.33. The van der Waals surface area contributed by atoms with Crippen molar-refractivity contribution in [3.05, 3.63) is 12.0 Å². The van der Waals surface area contributed by atoms with Gasteiger partial charge in [-0.25, -0.2) is 9.97 Å². The highest BCUT2D eigenvalue weighted by Gasteiger charge is 2.11.